The van der Waals surface area contributed by atoms with Crippen LogP contribution in [0, 0.1) is 11.3 Å². The van der Waals surface area contributed by atoms with E-state index in [1.807, 2.05) is 12.1 Å². The van der Waals surface area contributed by atoms with Crippen LogP contribution in [0.4, 0.5) is 0 Å². The zero-order chi connectivity index (χ0) is 19.0. The molecule has 0 spiro atoms. The molecule has 0 unspecified atom stereocenters. The van der Waals surface area contributed by atoms with Crippen molar-refractivity contribution in [2.24, 2.45) is 0 Å². The SMILES string of the molecule is CC(C)(C)c1ccc(-c2csc3nc(-c4cccnc4)c(CC#N)n23)cc1. The first-order valence-corrected chi connectivity index (χ1v) is 9.74. The number of pyridine rings is 1. The fraction of sp³-hybridized carbons (Fsp3) is 0.227. The Labute approximate surface area is 162 Å². The Morgan fingerprint density at radius 3 is 2.52 bits per heavy atom. The highest BCUT2D eigenvalue weighted by Gasteiger charge is 2.19. The van der Waals surface area contributed by atoms with Crippen LogP contribution in [-0.4, -0.2) is 14.4 Å². The Bertz CT molecular complexity index is 1120. The first-order valence-electron chi connectivity index (χ1n) is 8.86. The van der Waals surface area contributed by atoms with Gasteiger partial charge in [0.25, 0.3) is 0 Å². The standard InChI is InChI=1S/C22H20N4S/c1-22(2,3)17-8-6-15(7-9-17)19-14-27-21-25-20(16-5-4-12-24-13-16)18(10-11-23)26(19)21/h4-9,12-14H,10H2,1-3H3. The Morgan fingerprint density at radius 1 is 1.11 bits per heavy atom. The number of fused-ring (bicyclic) bond motifs is 1. The highest BCUT2D eigenvalue weighted by molar-refractivity contribution is 7.15. The molecular weight excluding hydrogens is 352 g/mol. The minimum Gasteiger partial charge on any atom is -0.286 e. The molecular formula is C22H20N4S. The van der Waals surface area contributed by atoms with E-state index in [0.29, 0.717) is 6.42 Å². The van der Waals surface area contributed by atoms with E-state index in [9.17, 15) is 5.26 Å². The van der Waals surface area contributed by atoms with E-state index >= 15 is 0 Å². The predicted molar refractivity (Wildman–Crippen MR) is 110 cm³/mol. The number of hydrogen-bond acceptors (Lipinski definition) is 4. The summed E-state index contributed by atoms with van der Waals surface area (Å²) in [5, 5.41) is 11.5. The number of aromatic nitrogens is 3. The van der Waals surface area contributed by atoms with Crippen LogP contribution in [0.1, 0.15) is 32.0 Å². The van der Waals surface area contributed by atoms with E-state index in [0.717, 1.165) is 33.2 Å². The predicted octanol–water partition coefficient (Wildman–Crippen LogP) is 5.49. The van der Waals surface area contributed by atoms with Gasteiger partial charge in [-0.05, 0) is 28.7 Å². The fourth-order valence-electron chi connectivity index (χ4n) is 3.23. The molecule has 0 aliphatic heterocycles. The summed E-state index contributed by atoms with van der Waals surface area (Å²) in [4.78, 5) is 9.89. The summed E-state index contributed by atoms with van der Waals surface area (Å²) in [5.74, 6) is 0. The van der Waals surface area contributed by atoms with Gasteiger partial charge in [0.15, 0.2) is 4.96 Å². The van der Waals surface area contributed by atoms with Gasteiger partial charge in [0, 0.05) is 23.3 Å². The first-order chi connectivity index (χ1) is 13.0. The number of hydrogen-bond donors (Lipinski definition) is 0. The summed E-state index contributed by atoms with van der Waals surface area (Å²) in [6.07, 6.45) is 3.84. The molecule has 0 saturated carbocycles. The molecule has 4 nitrogen and oxygen atoms in total. The van der Waals surface area contributed by atoms with Crippen molar-refractivity contribution in [1.29, 1.82) is 5.26 Å². The van der Waals surface area contributed by atoms with Gasteiger partial charge >= 0.3 is 0 Å². The summed E-state index contributed by atoms with van der Waals surface area (Å²) in [5.41, 5.74) is 6.31. The van der Waals surface area contributed by atoms with Gasteiger partial charge in [0.1, 0.15) is 0 Å². The van der Waals surface area contributed by atoms with Crippen molar-refractivity contribution < 1.29 is 0 Å². The van der Waals surface area contributed by atoms with E-state index in [4.69, 9.17) is 4.98 Å². The van der Waals surface area contributed by atoms with E-state index in [1.165, 1.54) is 5.56 Å². The molecule has 0 atom stereocenters. The number of benzene rings is 1. The first kappa shape index (κ1) is 17.4. The van der Waals surface area contributed by atoms with Gasteiger partial charge in [-0.3, -0.25) is 9.38 Å². The average Bonchev–Trinajstić information content (AvgIpc) is 3.22. The average molecular weight is 372 g/mol. The third-order valence-electron chi connectivity index (χ3n) is 4.69. The minimum absolute atomic E-state index is 0.122. The number of thiazole rings is 1. The van der Waals surface area contributed by atoms with Crippen LogP contribution in [0.3, 0.4) is 0 Å². The molecule has 1 aromatic carbocycles. The lowest BCUT2D eigenvalue weighted by atomic mass is 9.86. The lowest BCUT2D eigenvalue weighted by molar-refractivity contribution is 0.590. The molecule has 4 aromatic rings. The van der Waals surface area contributed by atoms with Crippen LogP contribution in [-0.2, 0) is 11.8 Å². The van der Waals surface area contributed by atoms with Crippen LogP contribution in [0.2, 0.25) is 0 Å². The molecule has 0 saturated heterocycles. The molecule has 0 radical (unpaired) electrons. The molecule has 0 aliphatic rings. The molecule has 3 heterocycles. The van der Waals surface area contributed by atoms with E-state index in [2.05, 4.69) is 65.9 Å². The Balaban J connectivity index is 1.88. The summed E-state index contributed by atoms with van der Waals surface area (Å²) in [6.45, 7) is 6.64. The molecule has 27 heavy (non-hydrogen) atoms. The summed E-state index contributed by atoms with van der Waals surface area (Å²) in [7, 11) is 0. The molecule has 4 rings (SSSR count). The van der Waals surface area contributed by atoms with Crippen molar-refractivity contribution in [2.75, 3.05) is 0 Å². The maximum absolute atomic E-state index is 9.39. The monoisotopic (exact) mass is 372 g/mol. The molecule has 134 valence electrons. The topological polar surface area (TPSA) is 54.0 Å². The Hall–Kier alpha value is -2.97. The highest BCUT2D eigenvalue weighted by atomic mass is 32.1. The smallest absolute Gasteiger partial charge is 0.194 e. The molecule has 0 aliphatic carbocycles. The highest BCUT2D eigenvalue weighted by Crippen LogP contribution is 2.34. The molecule has 0 fully saturated rings. The van der Waals surface area contributed by atoms with Crippen LogP contribution >= 0.6 is 11.3 Å². The Kier molecular flexibility index (Phi) is 4.29. The third-order valence-corrected chi connectivity index (χ3v) is 5.51. The number of imidazole rings is 1. The van der Waals surface area contributed by atoms with Crippen LogP contribution < -0.4 is 0 Å². The van der Waals surface area contributed by atoms with Crippen molar-refractivity contribution in [1.82, 2.24) is 14.4 Å². The van der Waals surface area contributed by atoms with E-state index < -0.39 is 0 Å². The van der Waals surface area contributed by atoms with Crippen LogP contribution in [0.5, 0.6) is 0 Å². The summed E-state index contributed by atoms with van der Waals surface area (Å²) < 4.78 is 2.11. The normalized spacial score (nSPS) is 11.6. The van der Waals surface area contributed by atoms with Crippen molar-refractivity contribution in [3.8, 4) is 28.6 Å². The number of nitrogens with zero attached hydrogens (tertiary/aromatic N) is 4. The van der Waals surface area contributed by atoms with Crippen LogP contribution in [0.25, 0.3) is 27.5 Å². The number of rotatable bonds is 3. The second-order valence-electron chi connectivity index (χ2n) is 7.55. The second kappa shape index (κ2) is 6.64. The zero-order valence-corrected chi connectivity index (χ0v) is 16.4. The van der Waals surface area contributed by atoms with Gasteiger partial charge in [-0.2, -0.15) is 5.26 Å². The second-order valence-corrected chi connectivity index (χ2v) is 8.39. The molecule has 0 bridgehead atoms. The van der Waals surface area contributed by atoms with Crippen molar-refractivity contribution >= 4 is 16.3 Å². The maximum atomic E-state index is 9.39. The Morgan fingerprint density at radius 2 is 1.89 bits per heavy atom. The third kappa shape index (κ3) is 3.13. The van der Waals surface area contributed by atoms with E-state index in [1.54, 1.807) is 23.7 Å². The number of nitriles is 1. The quantitative estimate of drug-likeness (QED) is 0.478. The maximum Gasteiger partial charge on any atom is 0.194 e. The fourth-order valence-corrected chi connectivity index (χ4v) is 4.15. The van der Waals surface area contributed by atoms with Gasteiger partial charge in [-0.15, -0.1) is 11.3 Å². The largest absolute Gasteiger partial charge is 0.286 e. The lowest BCUT2D eigenvalue weighted by Gasteiger charge is -2.19. The minimum atomic E-state index is 0.122. The van der Waals surface area contributed by atoms with Gasteiger partial charge < -0.3 is 0 Å². The van der Waals surface area contributed by atoms with E-state index in [-0.39, 0.29) is 5.41 Å². The van der Waals surface area contributed by atoms with Crippen molar-refractivity contribution in [3.63, 3.8) is 0 Å². The van der Waals surface area contributed by atoms with Gasteiger partial charge in [0.05, 0.1) is 29.6 Å². The van der Waals surface area contributed by atoms with Gasteiger partial charge in [0.2, 0.25) is 0 Å². The molecule has 5 heteroatoms. The summed E-state index contributed by atoms with van der Waals surface area (Å²) in [6, 6.07) is 14.8. The zero-order valence-electron chi connectivity index (χ0n) is 15.6. The lowest BCUT2D eigenvalue weighted by Crippen LogP contribution is -2.10. The molecule has 0 amide bonds. The van der Waals surface area contributed by atoms with Gasteiger partial charge in [-0.1, -0.05) is 45.0 Å². The van der Waals surface area contributed by atoms with Gasteiger partial charge in [-0.25, -0.2) is 4.98 Å². The van der Waals surface area contributed by atoms with Crippen molar-refractivity contribution in [2.45, 2.75) is 32.6 Å². The summed E-state index contributed by atoms with van der Waals surface area (Å²) >= 11 is 1.60. The van der Waals surface area contributed by atoms with Crippen molar-refractivity contribution in [3.05, 3.63) is 65.4 Å². The van der Waals surface area contributed by atoms with Crippen LogP contribution in [0.15, 0.2) is 54.2 Å². The molecule has 0 N–H and O–H groups in total. The molecule has 3 aromatic heterocycles.